The van der Waals surface area contributed by atoms with Gasteiger partial charge in [0.05, 0.1) is 22.9 Å². The van der Waals surface area contributed by atoms with Gasteiger partial charge >= 0.3 is 32.7 Å². The van der Waals surface area contributed by atoms with Crippen molar-refractivity contribution in [2.45, 2.75) is 24.8 Å². The van der Waals surface area contributed by atoms with Gasteiger partial charge in [0.15, 0.2) is 6.04 Å². The third-order valence-corrected chi connectivity index (χ3v) is 6.10. The summed E-state index contributed by atoms with van der Waals surface area (Å²) in [7, 11) is -3.83. The number of carbonyl (C=O) groups is 1. The molecule has 1 aliphatic rings. The van der Waals surface area contributed by atoms with Crippen LogP contribution >= 0.6 is 11.6 Å². The summed E-state index contributed by atoms with van der Waals surface area (Å²) < 4.78 is 26.8. The van der Waals surface area contributed by atoms with E-state index in [9.17, 15) is 13.2 Å². The van der Waals surface area contributed by atoms with E-state index in [1.165, 1.54) is 18.2 Å². The maximum Gasteiger partial charge on any atom is 3.00 e. The molecular formula is C19H19ClN5O4SY+2. The summed E-state index contributed by atoms with van der Waals surface area (Å²) in [5.41, 5.74) is 1.91. The predicted molar refractivity (Wildman–Crippen MR) is 113 cm³/mol. The van der Waals surface area contributed by atoms with Gasteiger partial charge in [-0.15, -0.1) is 23.2 Å². The van der Waals surface area contributed by atoms with Crippen LogP contribution < -0.4 is 9.73 Å². The van der Waals surface area contributed by atoms with E-state index in [0.717, 1.165) is 10.6 Å². The second-order valence-electron chi connectivity index (χ2n) is 6.48. The first kappa shape index (κ1) is 25.7. The topological polar surface area (TPSA) is 124 Å². The average Bonchev–Trinajstić information content (AvgIpc) is 3.01. The van der Waals surface area contributed by atoms with E-state index in [2.05, 4.69) is 26.1 Å². The largest absolute Gasteiger partial charge is 3.00 e. The maximum atomic E-state index is 12.8. The first-order valence-corrected chi connectivity index (χ1v) is 10.8. The molecule has 0 radical (unpaired) electrons. The smallest absolute Gasteiger partial charge is 0.395 e. The molecule has 1 unspecified atom stereocenters. The van der Waals surface area contributed by atoms with E-state index < -0.39 is 22.0 Å². The van der Waals surface area contributed by atoms with Crippen LogP contribution in [0.5, 0.6) is 0 Å². The van der Waals surface area contributed by atoms with E-state index in [-0.39, 0.29) is 56.4 Å². The fourth-order valence-corrected chi connectivity index (χ4v) is 3.84. The maximum absolute atomic E-state index is 12.8. The molecule has 3 rings (SSSR count). The van der Waals surface area contributed by atoms with Crippen molar-refractivity contribution in [1.29, 1.82) is 0 Å². The van der Waals surface area contributed by atoms with Crippen molar-refractivity contribution in [2.75, 3.05) is 18.2 Å². The number of benzene rings is 2. The van der Waals surface area contributed by atoms with Crippen LogP contribution in [-0.2, 0) is 47.5 Å². The number of anilines is 1. The van der Waals surface area contributed by atoms with Crippen LogP contribution in [0.4, 0.5) is 11.4 Å². The van der Waals surface area contributed by atoms with Gasteiger partial charge in [-0.2, -0.15) is 32.5 Å². The third-order valence-electron chi connectivity index (χ3n) is 4.23. The fourth-order valence-electron chi connectivity index (χ4n) is 2.62. The number of nitrogens with one attached hydrogen (secondary N) is 1. The van der Waals surface area contributed by atoms with E-state index >= 15 is 0 Å². The molecule has 0 bridgehead atoms. The number of sulfonamides is 1. The van der Waals surface area contributed by atoms with Gasteiger partial charge in [-0.1, -0.05) is 18.0 Å². The molecule has 1 aliphatic heterocycles. The Labute approximate surface area is 210 Å². The van der Waals surface area contributed by atoms with Crippen molar-refractivity contribution in [3.8, 4) is 0 Å². The van der Waals surface area contributed by atoms with Crippen molar-refractivity contribution in [3.05, 3.63) is 53.1 Å². The Kier molecular flexibility index (Phi) is 8.99. The van der Waals surface area contributed by atoms with Crippen molar-refractivity contribution < 1.29 is 51.0 Å². The number of aryl methyl sites for hydroxylation is 1. The SMILES string of the molecule is CC1=NN(c2cccc(S(=O)(=O)NCCO)c2)C(=O)C1N=Nc1[c-]cc(C)c(Cl)c1.[Y+3]. The number of amides is 1. The van der Waals surface area contributed by atoms with Crippen LogP contribution in [0.3, 0.4) is 0 Å². The molecule has 9 nitrogen and oxygen atoms in total. The Morgan fingerprint density at radius 1 is 1.32 bits per heavy atom. The molecule has 2 aromatic carbocycles. The molecule has 0 fully saturated rings. The molecule has 0 aromatic heterocycles. The van der Waals surface area contributed by atoms with Gasteiger partial charge in [0, 0.05) is 6.54 Å². The molecule has 12 heteroatoms. The summed E-state index contributed by atoms with van der Waals surface area (Å²) >= 11 is 6.06. The summed E-state index contributed by atoms with van der Waals surface area (Å²) in [4.78, 5) is 12.8. The fraction of sp³-hybridized carbons (Fsp3) is 0.263. The van der Waals surface area contributed by atoms with Crippen LogP contribution in [0.1, 0.15) is 12.5 Å². The van der Waals surface area contributed by atoms with Crippen LogP contribution in [0.2, 0.25) is 5.02 Å². The minimum Gasteiger partial charge on any atom is -0.395 e. The van der Waals surface area contributed by atoms with Gasteiger partial charge in [-0.25, -0.2) is 13.1 Å². The van der Waals surface area contributed by atoms with Gasteiger partial charge in [-0.05, 0) is 30.8 Å². The second-order valence-corrected chi connectivity index (χ2v) is 8.65. The zero-order valence-corrected chi connectivity index (χ0v) is 21.2. The Hall–Kier alpha value is -1.56. The van der Waals surface area contributed by atoms with Crippen LogP contribution in [0.15, 0.2) is 56.6 Å². The summed E-state index contributed by atoms with van der Waals surface area (Å²) in [6.45, 7) is 3.03. The van der Waals surface area contributed by atoms with Crippen LogP contribution in [0.25, 0.3) is 0 Å². The number of halogens is 1. The molecule has 0 aliphatic carbocycles. The minimum atomic E-state index is -3.83. The van der Waals surface area contributed by atoms with Crippen LogP contribution in [-0.4, -0.2) is 44.3 Å². The number of hydrogen-bond donors (Lipinski definition) is 2. The van der Waals surface area contributed by atoms with Crippen molar-refractivity contribution in [3.63, 3.8) is 0 Å². The standard InChI is InChI=1S/C19H19ClN5O4S.Y/c1-12-6-7-14(10-17(12)20)22-23-18-13(2)24-25(19(18)27)15-4-3-5-16(11-15)30(28,29)21-8-9-26;/h3-6,10-11,18,21,26H,8-9H2,1-2H3;/q-1;+3. The molecule has 2 N–H and O–H groups in total. The molecule has 1 amide bonds. The Balaban J connectivity index is 0.00000341. The Bertz CT molecular complexity index is 1140. The number of aliphatic hydroxyl groups excluding tert-OH is 1. The Morgan fingerprint density at radius 2 is 2.06 bits per heavy atom. The number of hydrogen-bond acceptors (Lipinski definition) is 7. The number of aliphatic hydroxyl groups is 1. The zero-order chi connectivity index (χ0) is 21.9. The molecular weight excluding hydrogens is 519 g/mol. The van der Waals surface area contributed by atoms with Gasteiger partial charge in [-0.3, -0.25) is 4.79 Å². The first-order chi connectivity index (χ1) is 14.2. The predicted octanol–water partition coefficient (Wildman–Crippen LogP) is 2.59. The molecule has 0 spiro atoms. The number of hydrazone groups is 1. The van der Waals surface area contributed by atoms with Crippen molar-refractivity contribution in [2.24, 2.45) is 15.3 Å². The molecule has 158 valence electrons. The minimum absolute atomic E-state index is 0. The molecule has 0 saturated heterocycles. The van der Waals surface area contributed by atoms with Gasteiger partial charge < -0.3 is 5.11 Å². The monoisotopic (exact) mass is 537 g/mol. The summed E-state index contributed by atoms with van der Waals surface area (Å²) in [6, 6.07) is 11.0. The van der Waals surface area contributed by atoms with E-state index in [4.69, 9.17) is 16.7 Å². The zero-order valence-electron chi connectivity index (χ0n) is 16.8. The van der Waals surface area contributed by atoms with Gasteiger partial charge in [0.1, 0.15) is 0 Å². The number of azo groups is 1. The van der Waals surface area contributed by atoms with E-state index in [0.29, 0.717) is 16.4 Å². The number of rotatable bonds is 7. The van der Waals surface area contributed by atoms with Crippen molar-refractivity contribution >= 4 is 44.6 Å². The van der Waals surface area contributed by atoms with E-state index in [1.807, 2.05) is 6.92 Å². The molecule has 1 atom stereocenters. The van der Waals surface area contributed by atoms with Gasteiger partial charge in [0.2, 0.25) is 10.0 Å². The molecule has 31 heavy (non-hydrogen) atoms. The summed E-state index contributed by atoms with van der Waals surface area (Å²) in [5, 5.41) is 22.8. The van der Waals surface area contributed by atoms with E-state index in [1.54, 1.807) is 25.1 Å². The second kappa shape index (κ2) is 10.8. The molecule has 1 heterocycles. The average molecular weight is 538 g/mol. The third kappa shape index (κ3) is 6.03. The van der Waals surface area contributed by atoms with Crippen LogP contribution in [0, 0.1) is 13.0 Å². The van der Waals surface area contributed by atoms with Gasteiger partial charge in [0.25, 0.3) is 5.91 Å². The molecule has 0 saturated carbocycles. The number of carbonyl (C=O) groups excluding carboxylic acids is 1. The molecule has 2 aromatic rings. The normalized spacial score (nSPS) is 16.5. The summed E-state index contributed by atoms with van der Waals surface area (Å²) in [5.74, 6) is -0.465. The summed E-state index contributed by atoms with van der Waals surface area (Å²) in [6.07, 6.45) is 0. The first-order valence-electron chi connectivity index (χ1n) is 8.91. The Morgan fingerprint density at radius 3 is 2.74 bits per heavy atom. The van der Waals surface area contributed by atoms with Crippen molar-refractivity contribution in [1.82, 2.24) is 4.72 Å². The quantitative estimate of drug-likeness (QED) is 0.416. The number of nitrogens with zero attached hydrogens (tertiary/aromatic N) is 4.